The average Bonchev–Trinajstić information content (AvgIpc) is 3.08. The monoisotopic (exact) mass is 409 g/mol. The molecule has 1 aliphatic heterocycles. The molecule has 1 saturated carbocycles. The van der Waals surface area contributed by atoms with Crippen LogP contribution in [0.4, 0.5) is 0 Å². The molecule has 4 rings (SSSR count). The fourth-order valence-electron chi connectivity index (χ4n) is 5.11. The summed E-state index contributed by atoms with van der Waals surface area (Å²) in [5, 5.41) is 4.41. The predicted molar refractivity (Wildman–Crippen MR) is 121 cm³/mol. The van der Waals surface area contributed by atoms with E-state index in [2.05, 4.69) is 16.8 Å². The highest BCUT2D eigenvalue weighted by molar-refractivity contribution is 6.03. The van der Waals surface area contributed by atoms with Gasteiger partial charge in [-0.25, -0.2) is 0 Å². The summed E-state index contributed by atoms with van der Waals surface area (Å²) in [7, 11) is 0. The zero-order valence-corrected chi connectivity index (χ0v) is 18.5. The minimum Gasteiger partial charge on any atom is -0.351 e. The van der Waals surface area contributed by atoms with Crippen LogP contribution in [0.5, 0.6) is 0 Å². The molecule has 1 fully saturated rings. The molecule has 0 radical (unpaired) electrons. The summed E-state index contributed by atoms with van der Waals surface area (Å²) in [5.74, 6) is -0.0258. The number of nitrogens with one attached hydrogen (secondary N) is 1. The largest absolute Gasteiger partial charge is 0.351 e. The third kappa shape index (κ3) is 3.86. The number of fused-ring (bicyclic) bond motifs is 3. The van der Waals surface area contributed by atoms with E-state index in [1.165, 1.54) is 32.1 Å². The van der Waals surface area contributed by atoms with Crippen molar-refractivity contribution in [2.24, 2.45) is 0 Å². The van der Waals surface area contributed by atoms with Gasteiger partial charge < -0.3 is 14.8 Å². The number of nitrogens with zero attached hydrogens (tertiary/aromatic N) is 2. The number of carbonyl (C=O) groups excluding carboxylic acids is 2. The summed E-state index contributed by atoms with van der Waals surface area (Å²) < 4.78 is 2.05. The number of para-hydroxylation sites is 1. The van der Waals surface area contributed by atoms with Gasteiger partial charge in [0.25, 0.3) is 5.91 Å². The van der Waals surface area contributed by atoms with Crippen LogP contribution in [0.3, 0.4) is 0 Å². The van der Waals surface area contributed by atoms with Crippen molar-refractivity contribution in [1.82, 2.24) is 14.8 Å². The lowest BCUT2D eigenvalue weighted by Crippen LogP contribution is -2.65. The van der Waals surface area contributed by atoms with E-state index in [-0.39, 0.29) is 17.9 Å². The number of unbranched alkanes of at least 4 members (excludes halogenated alkanes) is 1. The lowest BCUT2D eigenvalue weighted by Gasteiger charge is -2.44. The van der Waals surface area contributed by atoms with E-state index in [0.29, 0.717) is 18.8 Å². The number of carbonyl (C=O) groups is 2. The van der Waals surface area contributed by atoms with E-state index in [9.17, 15) is 9.59 Å². The molecule has 1 N–H and O–H groups in total. The maximum atomic E-state index is 13.7. The van der Waals surface area contributed by atoms with Gasteiger partial charge in [-0.2, -0.15) is 0 Å². The van der Waals surface area contributed by atoms with E-state index in [1.54, 1.807) is 0 Å². The highest BCUT2D eigenvalue weighted by atomic mass is 16.2. The Morgan fingerprint density at radius 2 is 1.83 bits per heavy atom. The molecule has 1 unspecified atom stereocenters. The van der Waals surface area contributed by atoms with Gasteiger partial charge >= 0.3 is 0 Å². The Kier molecular flexibility index (Phi) is 6.16. The third-order valence-corrected chi connectivity index (χ3v) is 7.00. The fraction of sp³-hybridized carbons (Fsp3) is 0.600. The van der Waals surface area contributed by atoms with E-state index in [0.717, 1.165) is 36.6 Å². The van der Waals surface area contributed by atoms with Crippen LogP contribution in [-0.4, -0.2) is 39.4 Å². The molecule has 1 aliphatic carbocycles. The van der Waals surface area contributed by atoms with Crippen molar-refractivity contribution in [3.05, 3.63) is 36.0 Å². The molecule has 5 nitrogen and oxygen atoms in total. The number of rotatable bonds is 5. The zero-order valence-electron chi connectivity index (χ0n) is 18.5. The molecule has 162 valence electrons. The number of aromatic nitrogens is 1. The molecule has 1 aromatic carbocycles. The van der Waals surface area contributed by atoms with Crippen LogP contribution >= 0.6 is 0 Å². The second-order valence-corrected chi connectivity index (χ2v) is 9.27. The van der Waals surface area contributed by atoms with Crippen molar-refractivity contribution in [1.29, 1.82) is 0 Å². The van der Waals surface area contributed by atoms with Crippen molar-refractivity contribution in [2.75, 3.05) is 6.54 Å². The number of hydrogen-bond donors (Lipinski definition) is 1. The second kappa shape index (κ2) is 8.83. The Morgan fingerprint density at radius 3 is 2.57 bits per heavy atom. The van der Waals surface area contributed by atoms with Gasteiger partial charge in [0.05, 0.1) is 6.54 Å². The summed E-state index contributed by atoms with van der Waals surface area (Å²) in [6.45, 7) is 5.20. The first-order valence-corrected chi connectivity index (χ1v) is 11.8. The van der Waals surface area contributed by atoms with Crippen LogP contribution in [0.1, 0.15) is 82.1 Å². The summed E-state index contributed by atoms with van der Waals surface area (Å²) in [4.78, 5) is 29.0. The maximum Gasteiger partial charge on any atom is 0.271 e. The van der Waals surface area contributed by atoms with Gasteiger partial charge in [0.15, 0.2) is 0 Å². The molecular formula is C25H35N3O2. The minimum atomic E-state index is -0.872. The number of benzene rings is 1. The Morgan fingerprint density at radius 1 is 1.13 bits per heavy atom. The van der Waals surface area contributed by atoms with Gasteiger partial charge in [0.2, 0.25) is 5.91 Å². The standard InChI is InChI=1S/C25H35N3O2/c1-3-4-16-28-23(29)22-17-19-12-10-11-15-21(19)27(22)18-25(28,2)24(30)26-20-13-8-6-5-7-9-14-20/h10-12,15,17,20H,3-9,13-14,16,18H2,1-2H3,(H,26,30). The molecule has 1 aromatic heterocycles. The first kappa shape index (κ1) is 21.0. The lowest BCUT2D eigenvalue weighted by molar-refractivity contribution is -0.133. The predicted octanol–water partition coefficient (Wildman–Crippen LogP) is 4.89. The van der Waals surface area contributed by atoms with Gasteiger partial charge in [-0.05, 0) is 38.3 Å². The van der Waals surface area contributed by atoms with Crippen molar-refractivity contribution in [2.45, 2.75) is 89.8 Å². The Balaban J connectivity index is 1.65. The second-order valence-electron chi connectivity index (χ2n) is 9.27. The van der Waals surface area contributed by atoms with Crippen LogP contribution in [0.2, 0.25) is 0 Å². The molecule has 1 atom stereocenters. The molecule has 30 heavy (non-hydrogen) atoms. The van der Waals surface area contributed by atoms with Gasteiger partial charge in [-0.15, -0.1) is 0 Å². The first-order valence-electron chi connectivity index (χ1n) is 11.8. The molecule has 2 aliphatic rings. The van der Waals surface area contributed by atoms with Gasteiger partial charge in [0.1, 0.15) is 11.2 Å². The quantitative estimate of drug-likeness (QED) is 0.765. The molecule has 2 aromatic rings. The van der Waals surface area contributed by atoms with Crippen molar-refractivity contribution >= 4 is 22.7 Å². The minimum absolute atomic E-state index is 0.000887. The van der Waals surface area contributed by atoms with Crippen molar-refractivity contribution in [3.8, 4) is 0 Å². The Bertz CT molecular complexity index is 910. The topological polar surface area (TPSA) is 54.3 Å². The Labute approximate surface area is 179 Å². The van der Waals surface area contributed by atoms with Crippen molar-refractivity contribution in [3.63, 3.8) is 0 Å². The molecule has 0 spiro atoms. The molecule has 0 bridgehead atoms. The van der Waals surface area contributed by atoms with Crippen LogP contribution in [0.15, 0.2) is 30.3 Å². The average molecular weight is 410 g/mol. The smallest absolute Gasteiger partial charge is 0.271 e. The SMILES string of the molecule is CCCCN1C(=O)c2cc3ccccc3n2CC1(C)C(=O)NC1CCCCCCC1. The number of amides is 2. The lowest BCUT2D eigenvalue weighted by atomic mass is 9.92. The highest BCUT2D eigenvalue weighted by Crippen LogP contribution is 2.33. The Hall–Kier alpha value is -2.30. The molecule has 5 heteroatoms. The zero-order chi connectivity index (χ0) is 21.1. The normalized spacial score (nSPS) is 23.1. The first-order chi connectivity index (χ1) is 14.5. The van der Waals surface area contributed by atoms with E-state index < -0.39 is 5.54 Å². The molecule has 0 saturated heterocycles. The van der Waals surface area contributed by atoms with Crippen LogP contribution in [0, 0.1) is 0 Å². The van der Waals surface area contributed by atoms with Crippen molar-refractivity contribution < 1.29 is 9.59 Å². The van der Waals surface area contributed by atoms with Gasteiger partial charge in [0, 0.05) is 23.5 Å². The van der Waals surface area contributed by atoms with E-state index in [4.69, 9.17) is 0 Å². The van der Waals surface area contributed by atoms with Gasteiger partial charge in [-0.1, -0.05) is 63.6 Å². The summed E-state index contributed by atoms with van der Waals surface area (Å²) in [5.41, 5.74) is 0.855. The number of hydrogen-bond acceptors (Lipinski definition) is 2. The van der Waals surface area contributed by atoms with E-state index >= 15 is 0 Å². The summed E-state index contributed by atoms with van der Waals surface area (Å²) >= 11 is 0. The molecule has 2 amide bonds. The molecular weight excluding hydrogens is 374 g/mol. The fourth-order valence-corrected chi connectivity index (χ4v) is 5.11. The van der Waals surface area contributed by atoms with E-state index in [1.807, 2.05) is 42.2 Å². The summed E-state index contributed by atoms with van der Waals surface area (Å²) in [6, 6.07) is 10.3. The highest BCUT2D eigenvalue weighted by Gasteiger charge is 2.47. The van der Waals surface area contributed by atoms with Crippen LogP contribution < -0.4 is 5.32 Å². The van der Waals surface area contributed by atoms with Crippen LogP contribution in [-0.2, 0) is 11.3 Å². The van der Waals surface area contributed by atoms with Gasteiger partial charge in [-0.3, -0.25) is 9.59 Å². The third-order valence-electron chi connectivity index (χ3n) is 7.00. The summed E-state index contributed by atoms with van der Waals surface area (Å²) in [6.07, 6.45) is 10.1. The molecule has 2 heterocycles. The maximum absolute atomic E-state index is 13.7. The van der Waals surface area contributed by atoms with Crippen LogP contribution in [0.25, 0.3) is 10.9 Å².